The first kappa shape index (κ1) is 19.1. The lowest BCUT2D eigenvalue weighted by atomic mass is 9.72. The Balaban J connectivity index is 1.59. The molecule has 0 unspecified atom stereocenters. The SMILES string of the molecule is CCOC(=O)[C@@H]1[C@H]2CN(C(=O)CNC(=O)c3ccccc3)C[C@@H]2C=C[C@@H]1C. The second-order valence-corrected chi connectivity index (χ2v) is 7.20. The number of hydrogen-bond acceptors (Lipinski definition) is 4. The van der Waals surface area contributed by atoms with E-state index in [4.69, 9.17) is 4.74 Å². The number of amides is 2. The van der Waals surface area contributed by atoms with E-state index in [-0.39, 0.29) is 48.0 Å². The molecule has 2 amide bonds. The molecule has 1 heterocycles. The molecular weight excluding hydrogens is 344 g/mol. The summed E-state index contributed by atoms with van der Waals surface area (Å²) in [4.78, 5) is 38.8. The van der Waals surface area contributed by atoms with Crippen molar-refractivity contribution in [2.75, 3.05) is 26.2 Å². The fourth-order valence-corrected chi connectivity index (χ4v) is 4.06. The highest BCUT2D eigenvalue weighted by molar-refractivity contribution is 5.96. The van der Waals surface area contributed by atoms with Crippen LogP contribution in [-0.4, -0.2) is 48.9 Å². The largest absolute Gasteiger partial charge is 0.466 e. The molecule has 1 aromatic carbocycles. The average molecular weight is 370 g/mol. The summed E-state index contributed by atoms with van der Waals surface area (Å²) in [5, 5.41) is 2.68. The molecule has 27 heavy (non-hydrogen) atoms. The van der Waals surface area contributed by atoms with Crippen molar-refractivity contribution in [1.29, 1.82) is 0 Å². The van der Waals surface area contributed by atoms with E-state index in [2.05, 4.69) is 11.4 Å². The van der Waals surface area contributed by atoms with Crippen molar-refractivity contribution in [2.45, 2.75) is 13.8 Å². The summed E-state index contributed by atoms with van der Waals surface area (Å²) in [5.41, 5.74) is 0.527. The fraction of sp³-hybridized carbons (Fsp3) is 0.476. The third-order valence-corrected chi connectivity index (χ3v) is 5.45. The van der Waals surface area contributed by atoms with Gasteiger partial charge in [-0.15, -0.1) is 0 Å². The maximum Gasteiger partial charge on any atom is 0.309 e. The highest BCUT2D eigenvalue weighted by atomic mass is 16.5. The van der Waals surface area contributed by atoms with Gasteiger partial charge in [-0.3, -0.25) is 14.4 Å². The number of fused-ring (bicyclic) bond motifs is 1. The Bertz CT molecular complexity index is 731. The van der Waals surface area contributed by atoms with E-state index in [1.54, 1.807) is 36.1 Å². The molecule has 1 aliphatic carbocycles. The van der Waals surface area contributed by atoms with Crippen LogP contribution in [0, 0.1) is 23.7 Å². The Morgan fingerprint density at radius 3 is 2.59 bits per heavy atom. The number of benzene rings is 1. The number of carbonyl (C=O) groups excluding carboxylic acids is 3. The van der Waals surface area contributed by atoms with Crippen molar-refractivity contribution in [1.82, 2.24) is 10.2 Å². The van der Waals surface area contributed by atoms with E-state index in [0.717, 1.165) is 0 Å². The standard InChI is InChI=1S/C21H26N2O4/c1-3-27-21(26)19-14(2)9-10-16-12-23(13-17(16)19)18(24)11-22-20(25)15-7-5-4-6-8-15/h4-10,14,16-17,19H,3,11-13H2,1-2H3,(H,22,25)/t14-,16-,17-,19-/m0/s1. The van der Waals surface area contributed by atoms with Crippen LogP contribution in [0.25, 0.3) is 0 Å². The van der Waals surface area contributed by atoms with Crippen molar-refractivity contribution in [2.24, 2.45) is 23.7 Å². The second-order valence-electron chi connectivity index (χ2n) is 7.20. The lowest BCUT2D eigenvalue weighted by Gasteiger charge is -2.31. The number of carbonyl (C=O) groups is 3. The third-order valence-electron chi connectivity index (χ3n) is 5.45. The molecule has 6 nitrogen and oxygen atoms in total. The molecule has 2 aliphatic rings. The molecule has 0 bridgehead atoms. The minimum atomic E-state index is -0.265. The summed E-state index contributed by atoms with van der Waals surface area (Å²) in [6, 6.07) is 8.82. The molecular formula is C21H26N2O4. The molecule has 1 aromatic rings. The molecule has 1 aliphatic heterocycles. The predicted octanol–water partition coefficient (Wildman–Crippen LogP) is 1.88. The molecule has 0 radical (unpaired) electrons. The van der Waals surface area contributed by atoms with Gasteiger partial charge in [-0.05, 0) is 36.8 Å². The van der Waals surface area contributed by atoms with E-state index < -0.39 is 0 Å². The topological polar surface area (TPSA) is 75.7 Å². The number of ether oxygens (including phenoxy) is 1. The predicted molar refractivity (Wildman–Crippen MR) is 101 cm³/mol. The number of hydrogen-bond donors (Lipinski definition) is 1. The van der Waals surface area contributed by atoms with Gasteiger partial charge in [0, 0.05) is 18.7 Å². The van der Waals surface area contributed by atoms with Gasteiger partial charge in [-0.1, -0.05) is 37.3 Å². The fourth-order valence-electron chi connectivity index (χ4n) is 4.06. The Kier molecular flexibility index (Phi) is 5.94. The van der Waals surface area contributed by atoms with Gasteiger partial charge in [0.25, 0.3) is 5.91 Å². The smallest absolute Gasteiger partial charge is 0.309 e. The van der Waals surface area contributed by atoms with E-state index in [1.807, 2.05) is 19.1 Å². The molecule has 3 rings (SSSR count). The molecule has 1 N–H and O–H groups in total. The number of esters is 1. The van der Waals surface area contributed by atoms with Crippen LogP contribution in [0.4, 0.5) is 0 Å². The van der Waals surface area contributed by atoms with Crippen LogP contribution in [0.5, 0.6) is 0 Å². The van der Waals surface area contributed by atoms with Crippen LogP contribution in [0.3, 0.4) is 0 Å². The highest BCUT2D eigenvalue weighted by Gasteiger charge is 2.45. The third kappa shape index (κ3) is 4.21. The van der Waals surface area contributed by atoms with Gasteiger partial charge >= 0.3 is 5.97 Å². The zero-order valence-electron chi connectivity index (χ0n) is 15.8. The number of nitrogens with zero attached hydrogens (tertiary/aromatic N) is 1. The maximum atomic E-state index is 12.6. The number of nitrogens with one attached hydrogen (secondary N) is 1. The Morgan fingerprint density at radius 2 is 1.89 bits per heavy atom. The van der Waals surface area contributed by atoms with Gasteiger partial charge in [-0.25, -0.2) is 0 Å². The van der Waals surface area contributed by atoms with Gasteiger partial charge in [0.05, 0.1) is 19.1 Å². The molecule has 0 saturated carbocycles. The molecule has 0 spiro atoms. The van der Waals surface area contributed by atoms with E-state index in [0.29, 0.717) is 25.3 Å². The van der Waals surface area contributed by atoms with Crippen molar-refractivity contribution < 1.29 is 19.1 Å². The summed E-state index contributed by atoms with van der Waals surface area (Å²) >= 11 is 0. The van der Waals surface area contributed by atoms with Crippen LogP contribution in [0.2, 0.25) is 0 Å². The number of likely N-dealkylation sites (tertiary alicyclic amines) is 1. The molecule has 4 atom stereocenters. The average Bonchev–Trinajstić information content (AvgIpc) is 3.10. The summed E-state index contributed by atoms with van der Waals surface area (Å²) < 4.78 is 5.25. The number of allylic oxidation sites excluding steroid dienone is 1. The minimum Gasteiger partial charge on any atom is -0.466 e. The van der Waals surface area contributed by atoms with Gasteiger partial charge in [0.15, 0.2) is 0 Å². The highest BCUT2D eigenvalue weighted by Crippen LogP contribution is 2.39. The monoisotopic (exact) mass is 370 g/mol. The summed E-state index contributed by atoms with van der Waals surface area (Å²) in [7, 11) is 0. The molecule has 144 valence electrons. The van der Waals surface area contributed by atoms with Gasteiger partial charge in [0.2, 0.25) is 5.91 Å². The lowest BCUT2D eigenvalue weighted by molar-refractivity contribution is -0.152. The summed E-state index contributed by atoms with van der Waals surface area (Å²) in [6.45, 7) is 5.22. The first-order chi connectivity index (χ1) is 13.0. The van der Waals surface area contributed by atoms with E-state index in [9.17, 15) is 14.4 Å². The Hall–Kier alpha value is -2.63. The van der Waals surface area contributed by atoms with Gasteiger partial charge in [0.1, 0.15) is 0 Å². The van der Waals surface area contributed by atoms with Crippen molar-refractivity contribution in [3.8, 4) is 0 Å². The van der Waals surface area contributed by atoms with Gasteiger partial charge < -0.3 is 15.0 Å². The minimum absolute atomic E-state index is 0.0451. The first-order valence-corrected chi connectivity index (χ1v) is 9.47. The van der Waals surface area contributed by atoms with E-state index in [1.165, 1.54) is 0 Å². The van der Waals surface area contributed by atoms with Crippen LogP contribution >= 0.6 is 0 Å². The van der Waals surface area contributed by atoms with Crippen LogP contribution in [-0.2, 0) is 14.3 Å². The Morgan fingerprint density at radius 1 is 1.15 bits per heavy atom. The number of rotatable bonds is 5. The molecule has 1 saturated heterocycles. The molecule has 1 fully saturated rings. The zero-order valence-corrected chi connectivity index (χ0v) is 15.8. The quantitative estimate of drug-likeness (QED) is 0.634. The second kappa shape index (κ2) is 8.37. The van der Waals surface area contributed by atoms with Gasteiger partial charge in [-0.2, -0.15) is 0 Å². The summed E-state index contributed by atoms with van der Waals surface area (Å²) in [6.07, 6.45) is 4.16. The maximum absolute atomic E-state index is 12.6. The van der Waals surface area contributed by atoms with E-state index >= 15 is 0 Å². The normalized spacial score (nSPS) is 26.4. The van der Waals surface area contributed by atoms with Crippen molar-refractivity contribution >= 4 is 17.8 Å². The Labute approximate surface area is 159 Å². The van der Waals surface area contributed by atoms with Crippen molar-refractivity contribution in [3.05, 3.63) is 48.0 Å². The lowest BCUT2D eigenvalue weighted by Crippen LogP contribution is -2.40. The van der Waals surface area contributed by atoms with Crippen LogP contribution in [0.15, 0.2) is 42.5 Å². The first-order valence-electron chi connectivity index (χ1n) is 9.47. The van der Waals surface area contributed by atoms with Crippen LogP contribution in [0.1, 0.15) is 24.2 Å². The zero-order chi connectivity index (χ0) is 19.4. The molecule has 6 heteroatoms. The summed E-state index contributed by atoms with van der Waals surface area (Å²) in [5.74, 6) is -0.483. The van der Waals surface area contributed by atoms with Crippen LogP contribution < -0.4 is 5.32 Å². The molecule has 0 aromatic heterocycles. The van der Waals surface area contributed by atoms with Crippen molar-refractivity contribution in [3.63, 3.8) is 0 Å².